The van der Waals surface area contributed by atoms with E-state index in [0.717, 1.165) is 67.5 Å². The summed E-state index contributed by atoms with van der Waals surface area (Å²) in [5, 5.41) is 3.90. The molecular weight excluding hydrogens is 404 g/mol. The maximum atomic E-state index is 13.1. The summed E-state index contributed by atoms with van der Waals surface area (Å²) < 4.78 is 12.8. The van der Waals surface area contributed by atoms with Crippen molar-refractivity contribution < 1.29 is 14.1 Å². The number of aryl methyl sites for hydroxylation is 3. The van der Waals surface area contributed by atoms with E-state index in [-0.39, 0.29) is 5.78 Å². The van der Waals surface area contributed by atoms with Gasteiger partial charge in [-0.2, -0.15) is 4.98 Å². The minimum Gasteiger partial charge on any atom is -0.497 e. The van der Waals surface area contributed by atoms with Crippen molar-refractivity contribution >= 4 is 5.78 Å². The molecule has 0 bridgehead atoms. The van der Waals surface area contributed by atoms with E-state index in [1.165, 1.54) is 5.56 Å². The number of hydrogen-bond donors (Lipinski definition) is 0. The second-order valence-corrected chi connectivity index (χ2v) is 8.69. The summed E-state index contributed by atoms with van der Waals surface area (Å²) in [5.41, 5.74) is 4.28. The van der Waals surface area contributed by atoms with Gasteiger partial charge in [0.1, 0.15) is 5.75 Å². The molecule has 1 aliphatic heterocycles. The van der Waals surface area contributed by atoms with Crippen molar-refractivity contribution in [2.45, 2.75) is 52.5 Å². The van der Waals surface area contributed by atoms with Gasteiger partial charge in [0.25, 0.3) is 0 Å². The van der Waals surface area contributed by atoms with Gasteiger partial charge in [-0.1, -0.05) is 17.3 Å². The molecule has 0 aliphatic carbocycles. The van der Waals surface area contributed by atoms with Gasteiger partial charge < -0.3 is 13.8 Å². The molecule has 0 radical (unpaired) electrons. The normalized spacial score (nSPS) is 15.2. The highest BCUT2D eigenvalue weighted by Crippen LogP contribution is 2.27. The Bertz CT molecular complexity index is 1060. The molecule has 2 aromatic heterocycles. The molecule has 0 amide bonds. The van der Waals surface area contributed by atoms with Crippen molar-refractivity contribution in [1.82, 2.24) is 19.6 Å². The van der Waals surface area contributed by atoms with Crippen LogP contribution in [0.15, 0.2) is 34.9 Å². The van der Waals surface area contributed by atoms with Gasteiger partial charge in [0.2, 0.25) is 5.89 Å². The molecule has 4 rings (SSSR count). The molecule has 1 aromatic carbocycles. The molecule has 7 nitrogen and oxygen atoms in total. The summed E-state index contributed by atoms with van der Waals surface area (Å²) in [7, 11) is 1.68. The molecule has 7 heteroatoms. The van der Waals surface area contributed by atoms with Crippen LogP contribution in [0.4, 0.5) is 0 Å². The third-order valence-electron chi connectivity index (χ3n) is 6.50. The van der Waals surface area contributed by atoms with E-state index in [9.17, 15) is 4.79 Å². The number of aromatic nitrogens is 3. The lowest BCUT2D eigenvalue weighted by Crippen LogP contribution is -2.37. The highest BCUT2D eigenvalue weighted by Gasteiger charge is 2.26. The number of hydrogen-bond acceptors (Lipinski definition) is 6. The molecule has 3 aromatic rings. The topological polar surface area (TPSA) is 73.4 Å². The van der Waals surface area contributed by atoms with Gasteiger partial charge in [0, 0.05) is 29.4 Å². The maximum Gasteiger partial charge on any atom is 0.229 e. The molecule has 0 unspecified atom stereocenters. The number of likely N-dealkylation sites (tertiary alicyclic amines) is 1. The van der Waals surface area contributed by atoms with Crippen LogP contribution in [-0.2, 0) is 13.0 Å². The number of carbonyl (C=O) groups is 1. The molecule has 170 valence electrons. The Morgan fingerprint density at radius 1 is 1.16 bits per heavy atom. The Labute approximate surface area is 189 Å². The van der Waals surface area contributed by atoms with E-state index in [1.54, 1.807) is 7.11 Å². The second kappa shape index (κ2) is 9.69. The van der Waals surface area contributed by atoms with Crippen molar-refractivity contribution in [3.8, 4) is 5.75 Å². The number of Topliss-reactive ketones (excluding diaryl/α,β-unsaturated/α-hetero) is 1. The third kappa shape index (κ3) is 4.93. The summed E-state index contributed by atoms with van der Waals surface area (Å²) in [6.07, 6.45) is 2.79. The van der Waals surface area contributed by atoms with Crippen LogP contribution >= 0.6 is 0 Å². The number of piperidine rings is 1. The predicted molar refractivity (Wildman–Crippen MR) is 122 cm³/mol. The molecule has 0 saturated carbocycles. The number of ketones is 1. The Hall–Kier alpha value is -2.93. The van der Waals surface area contributed by atoms with Crippen molar-refractivity contribution in [1.29, 1.82) is 0 Å². The molecule has 0 atom stereocenters. The van der Waals surface area contributed by atoms with Gasteiger partial charge in [-0.05, 0) is 76.9 Å². The summed E-state index contributed by atoms with van der Waals surface area (Å²) in [6.45, 7) is 9.02. The molecule has 3 heterocycles. The maximum absolute atomic E-state index is 13.1. The first kappa shape index (κ1) is 22.3. The predicted octanol–water partition coefficient (Wildman–Crippen LogP) is 4.11. The molecule has 1 fully saturated rings. The fourth-order valence-corrected chi connectivity index (χ4v) is 4.57. The summed E-state index contributed by atoms with van der Waals surface area (Å²) in [4.78, 5) is 19.7. The molecule has 0 N–H and O–H groups in total. The van der Waals surface area contributed by atoms with Crippen molar-refractivity contribution in [3.05, 3.63) is 64.6 Å². The van der Waals surface area contributed by atoms with Crippen LogP contribution in [0.2, 0.25) is 0 Å². The highest BCUT2D eigenvalue weighted by molar-refractivity contribution is 5.99. The lowest BCUT2D eigenvalue weighted by Gasteiger charge is -2.29. The standard InChI is InChI=1S/C25H32N4O3/c1-17-15-23(18(2)29(17)14-9-20-5-7-22(31-4)8-6-20)24(30)16-28-12-10-21(11-13-28)25-26-19(3)27-32-25/h5-8,15,21H,9-14,16H2,1-4H3. The zero-order valence-corrected chi connectivity index (χ0v) is 19.4. The SMILES string of the molecule is COc1ccc(CCn2c(C)cc(C(=O)CN3CCC(c4nc(C)no4)CC3)c2C)cc1. The quantitative estimate of drug-likeness (QED) is 0.495. The monoisotopic (exact) mass is 436 g/mol. The number of rotatable bonds is 8. The second-order valence-electron chi connectivity index (χ2n) is 8.69. The van der Waals surface area contributed by atoms with Gasteiger partial charge in [0.15, 0.2) is 11.6 Å². The first-order valence-corrected chi connectivity index (χ1v) is 11.3. The van der Waals surface area contributed by atoms with E-state index >= 15 is 0 Å². The minimum absolute atomic E-state index is 0.195. The van der Waals surface area contributed by atoms with Crippen LogP contribution in [0.3, 0.4) is 0 Å². The van der Waals surface area contributed by atoms with Crippen LogP contribution in [-0.4, -0.2) is 52.1 Å². The van der Waals surface area contributed by atoms with Crippen LogP contribution < -0.4 is 4.74 Å². The van der Waals surface area contributed by atoms with Crippen LogP contribution in [0.5, 0.6) is 5.75 Å². The Morgan fingerprint density at radius 2 is 1.88 bits per heavy atom. The zero-order chi connectivity index (χ0) is 22.7. The Balaban J connectivity index is 1.34. The number of nitrogens with zero attached hydrogens (tertiary/aromatic N) is 4. The van der Waals surface area contributed by atoms with Crippen molar-refractivity contribution in [3.63, 3.8) is 0 Å². The van der Waals surface area contributed by atoms with Gasteiger partial charge in [-0.15, -0.1) is 0 Å². The van der Waals surface area contributed by atoms with E-state index < -0.39 is 0 Å². The average Bonchev–Trinajstić information content (AvgIpc) is 3.36. The van der Waals surface area contributed by atoms with Crippen molar-refractivity contribution in [2.75, 3.05) is 26.7 Å². The first-order valence-electron chi connectivity index (χ1n) is 11.3. The molecular formula is C25H32N4O3. The fraction of sp³-hybridized carbons (Fsp3) is 0.480. The Kier molecular flexibility index (Phi) is 6.74. The summed E-state index contributed by atoms with van der Waals surface area (Å²) in [6, 6.07) is 10.2. The number of methoxy groups -OCH3 is 1. The summed E-state index contributed by atoms with van der Waals surface area (Å²) >= 11 is 0. The average molecular weight is 437 g/mol. The largest absolute Gasteiger partial charge is 0.497 e. The van der Waals surface area contributed by atoms with Gasteiger partial charge >= 0.3 is 0 Å². The number of benzene rings is 1. The smallest absolute Gasteiger partial charge is 0.229 e. The van der Waals surface area contributed by atoms with E-state index in [0.29, 0.717) is 18.3 Å². The third-order valence-corrected chi connectivity index (χ3v) is 6.50. The first-order chi connectivity index (χ1) is 15.4. The van der Waals surface area contributed by atoms with Gasteiger partial charge in [0.05, 0.1) is 13.7 Å². The minimum atomic E-state index is 0.195. The van der Waals surface area contributed by atoms with Gasteiger partial charge in [-0.25, -0.2) is 0 Å². The van der Waals surface area contributed by atoms with E-state index in [2.05, 4.69) is 45.6 Å². The van der Waals surface area contributed by atoms with Gasteiger partial charge in [-0.3, -0.25) is 9.69 Å². The fourth-order valence-electron chi connectivity index (χ4n) is 4.57. The highest BCUT2D eigenvalue weighted by atomic mass is 16.5. The molecule has 32 heavy (non-hydrogen) atoms. The molecule has 1 saturated heterocycles. The van der Waals surface area contributed by atoms with E-state index in [1.807, 2.05) is 25.1 Å². The van der Waals surface area contributed by atoms with Crippen LogP contribution in [0, 0.1) is 20.8 Å². The lowest BCUT2D eigenvalue weighted by molar-refractivity contribution is 0.0904. The van der Waals surface area contributed by atoms with E-state index in [4.69, 9.17) is 9.26 Å². The van der Waals surface area contributed by atoms with Crippen LogP contribution in [0.1, 0.15) is 57.8 Å². The number of ether oxygens (including phenoxy) is 1. The number of carbonyl (C=O) groups excluding carboxylic acids is 1. The van der Waals surface area contributed by atoms with Crippen molar-refractivity contribution in [2.24, 2.45) is 0 Å². The van der Waals surface area contributed by atoms with Crippen LogP contribution in [0.25, 0.3) is 0 Å². The lowest BCUT2D eigenvalue weighted by atomic mass is 9.96. The Morgan fingerprint density at radius 3 is 2.50 bits per heavy atom. The summed E-state index contributed by atoms with van der Waals surface area (Å²) in [5.74, 6) is 2.77. The molecule has 0 spiro atoms. The zero-order valence-electron chi connectivity index (χ0n) is 19.4. The molecule has 1 aliphatic rings.